The zero-order valence-corrected chi connectivity index (χ0v) is 19.9. The van der Waals surface area contributed by atoms with Gasteiger partial charge in [-0.05, 0) is 56.9 Å². The third-order valence-electron chi connectivity index (χ3n) is 6.60. The maximum absolute atomic E-state index is 6.36. The highest BCUT2D eigenvalue weighted by molar-refractivity contribution is 7.19. The van der Waals surface area contributed by atoms with Crippen LogP contribution in [0, 0.1) is 25.2 Å². The van der Waals surface area contributed by atoms with Crippen molar-refractivity contribution in [3.63, 3.8) is 0 Å². The van der Waals surface area contributed by atoms with E-state index >= 15 is 0 Å². The van der Waals surface area contributed by atoms with Gasteiger partial charge in [-0.3, -0.25) is 4.68 Å². The summed E-state index contributed by atoms with van der Waals surface area (Å²) in [6.07, 6.45) is 5.22. The molecule has 4 aromatic heterocycles. The number of hydrogen-bond acceptors (Lipinski definition) is 5. The van der Waals surface area contributed by atoms with Gasteiger partial charge in [0.25, 0.3) is 0 Å². The van der Waals surface area contributed by atoms with Crippen molar-refractivity contribution in [2.75, 3.05) is 0 Å². The second kappa shape index (κ2) is 6.76. The average molecular weight is 443 g/mol. The number of aromatic nitrogens is 6. The molecule has 0 N–H and O–H groups in total. The predicted octanol–water partition coefficient (Wildman–Crippen LogP) is 5.57. The van der Waals surface area contributed by atoms with E-state index in [1.165, 1.54) is 22.2 Å². The Bertz CT molecular complexity index is 1270. The summed E-state index contributed by atoms with van der Waals surface area (Å²) in [7, 11) is 0. The highest BCUT2D eigenvalue weighted by Gasteiger charge is 2.32. The van der Waals surface area contributed by atoms with Gasteiger partial charge in [-0.15, -0.1) is 16.4 Å². The molecule has 5 rings (SSSR count). The van der Waals surface area contributed by atoms with Gasteiger partial charge in [0.05, 0.1) is 21.8 Å². The monoisotopic (exact) mass is 442 g/mol. The van der Waals surface area contributed by atoms with Crippen LogP contribution in [0.15, 0.2) is 6.33 Å². The van der Waals surface area contributed by atoms with Crippen LogP contribution in [0.2, 0.25) is 5.02 Å². The number of hydrogen-bond donors (Lipinski definition) is 0. The van der Waals surface area contributed by atoms with E-state index in [4.69, 9.17) is 26.7 Å². The summed E-state index contributed by atoms with van der Waals surface area (Å²) in [5.74, 6) is 1.44. The van der Waals surface area contributed by atoms with Crippen LogP contribution in [0.4, 0.5) is 0 Å². The molecule has 0 radical (unpaired) electrons. The van der Waals surface area contributed by atoms with Gasteiger partial charge in [0.2, 0.25) is 0 Å². The Balaban J connectivity index is 1.61. The Morgan fingerprint density at radius 3 is 2.67 bits per heavy atom. The highest BCUT2D eigenvalue weighted by Crippen LogP contribution is 2.43. The molecule has 0 bridgehead atoms. The van der Waals surface area contributed by atoms with Crippen molar-refractivity contribution in [3.8, 4) is 0 Å². The number of thiophene rings is 1. The van der Waals surface area contributed by atoms with Gasteiger partial charge in [-0.25, -0.2) is 14.5 Å². The molecular weight excluding hydrogens is 416 g/mol. The minimum Gasteiger partial charge on any atom is -0.258 e. The normalized spacial score (nSPS) is 18.3. The molecule has 4 heterocycles. The minimum atomic E-state index is -0.106. The first-order valence-electron chi connectivity index (χ1n) is 10.5. The van der Waals surface area contributed by atoms with E-state index in [1.807, 2.05) is 34.4 Å². The molecule has 1 aliphatic carbocycles. The summed E-state index contributed by atoms with van der Waals surface area (Å²) in [6, 6.07) is -0.106. The Kier molecular flexibility index (Phi) is 4.49. The molecule has 0 spiro atoms. The van der Waals surface area contributed by atoms with E-state index in [2.05, 4.69) is 32.8 Å². The summed E-state index contributed by atoms with van der Waals surface area (Å²) in [4.78, 5) is 12.2. The van der Waals surface area contributed by atoms with Crippen LogP contribution in [0.3, 0.4) is 0 Å². The number of halogens is 1. The molecule has 0 saturated heterocycles. The van der Waals surface area contributed by atoms with Gasteiger partial charge < -0.3 is 0 Å². The largest absolute Gasteiger partial charge is 0.258 e. The predicted molar refractivity (Wildman–Crippen MR) is 122 cm³/mol. The molecule has 0 aromatic carbocycles. The van der Waals surface area contributed by atoms with Crippen molar-refractivity contribution in [1.82, 2.24) is 29.4 Å². The van der Waals surface area contributed by atoms with E-state index in [9.17, 15) is 0 Å². The zero-order valence-electron chi connectivity index (χ0n) is 18.3. The fourth-order valence-electron chi connectivity index (χ4n) is 4.64. The molecular formula is C22H27ClN6S. The quantitative estimate of drug-likeness (QED) is 0.407. The topological polar surface area (TPSA) is 60.9 Å². The molecule has 6 nitrogen and oxygen atoms in total. The van der Waals surface area contributed by atoms with Crippen LogP contribution < -0.4 is 0 Å². The lowest BCUT2D eigenvalue weighted by Gasteiger charge is -2.33. The SMILES string of the molecule is Cc1nn(C(C)c2nc3c4c5c(sc4ncn3n2)CC(C(C)(C)C)CC5)c(C)c1Cl. The number of fused-ring (bicyclic) bond motifs is 5. The maximum Gasteiger partial charge on any atom is 0.176 e. The minimum absolute atomic E-state index is 0.106. The van der Waals surface area contributed by atoms with E-state index in [1.54, 1.807) is 6.33 Å². The molecule has 8 heteroatoms. The van der Waals surface area contributed by atoms with Crippen molar-refractivity contribution < 1.29 is 0 Å². The van der Waals surface area contributed by atoms with Gasteiger partial charge in [-0.1, -0.05) is 32.4 Å². The van der Waals surface area contributed by atoms with Crippen LogP contribution >= 0.6 is 22.9 Å². The van der Waals surface area contributed by atoms with Crippen LogP contribution in [0.25, 0.3) is 15.9 Å². The van der Waals surface area contributed by atoms with Crippen LogP contribution in [0.1, 0.15) is 67.8 Å². The fraction of sp³-hybridized carbons (Fsp3) is 0.545. The zero-order chi connectivity index (χ0) is 21.4. The lowest BCUT2D eigenvalue weighted by Crippen LogP contribution is -2.26. The van der Waals surface area contributed by atoms with Crippen molar-refractivity contribution in [1.29, 1.82) is 0 Å². The highest BCUT2D eigenvalue weighted by atomic mass is 35.5. The van der Waals surface area contributed by atoms with Gasteiger partial charge in [-0.2, -0.15) is 5.10 Å². The summed E-state index contributed by atoms with van der Waals surface area (Å²) in [5, 5.41) is 11.2. The molecule has 0 fully saturated rings. The second-order valence-electron chi connectivity index (χ2n) is 9.58. The molecule has 2 unspecified atom stereocenters. The smallest absolute Gasteiger partial charge is 0.176 e. The Morgan fingerprint density at radius 1 is 1.23 bits per heavy atom. The Labute approximate surface area is 185 Å². The molecule has 0 saturated carbocycles. The van der Waals surface area contributed by atoms with Crippen LogP contribution in [-0.2, 0) is 12.8 Å². The van der Waals surface area contributed by atoms with Crippen molar-refractivity contribution in [2.24, 2.45) is 11.3 Å². The maximum atomic E-state index is 6.36. The average Bonchev–Trinajstić information content (AvgIpc) is 3.35. The summed E-state index contributed by atoms with van der Waals surface area (Å²) in [5.41, 5.74) is 4.42. The molecule has 2 atom stereocenters. The molecule has 1 aliphatic rings. The Morgan fingerprint density at radius 2 is 2.00 bits per heavy atom. The third-order valence-corrected chi connectivity index (χ3v) is 8.31. The van der Waals surface area contributed by atoms with Crippen LogP contribution in [-0.4, -0.2) is 29.4 Å². The van der Waals surface area contributed by atoms with Gasteiger partial charge >= 0.3 is 0 Å². The van der Waals surface area contributed by atoms with Crippen molar-refractivity contribution in [2.45, 2.75) is 66.8 Å². The van der Waals surface area contributed by atoms with E-state index in [-0.39, 0.29) is 6.04 Å². The van der Waals surface area contributed by atoms with Gasteiger partial charge in [0.1, 0.15) is 17.2 Å². The summed E-state index contributed by atoms with van der Waals surface area (Å²) >= 11 is 8.19. The first-order chi connectivity index (χ1) is 14.1. The first kappa shape index (κ1) is 19.9. The fourth-order valence-corrected chi connectivity index (χ4v) is 6.02. The number of nitrogens with zero attached hydrogens (tertiary/aromatic N) is 6. The summed E-state index contributed by atoms with van der Waals surface area (Å²) < 4.78 is 3.73. The molecule has 0 aliphatic heterocycles. The van der Waals surface area contributed by atoms with E-state index in [0.717, 1.165) is 40.5 Å². The first-order valence-corrected chi connectivity index (χ1v) is 11.7. The van der Waals surface area contributed by atoms with Gasteiger partial charge in [0.15, 0.2) is 11.5 Å². The second-order valence-corrected chi connectivity index (χ2v) is 11.0. The number of rotatable bonds is 2. The lowest BCUT2D eigenvalue weighted by atomic mass is 9.72. The van der Waals surface area contributed by atoms with Gasteiger partial charge in [0, 0.05) is 4.88 Å². The van der Waals surface area contributed by atoms with E-state index in [0.29, 0.717) is 16.4 Å². The lowest BCUT2D eigenvalue weighted by molar-refractivity contribution is 0.218. The molecule has 158 valence electrons. The molecule has 4 aromatic rings. The molecule has 30 heavy (non-hydrogen) atoms. The number of aryl methyl sites for hydroxylation is 2. The van der Waals surface area contributed by atoms with E-state index < -0.39 is 0 Å². The Hall–Kier alpha value is -1.99. The third kappa shape index (κ3) is 2.97. The molecule has 0 amide bonds. The van der Waals surface area contributed by atoms with Crippen molar-refractivity contribution >= 4 is 38.8 Å². The van der Waals surface area contributed by atoms with Crippen molar-refractivity contribution in [3.05, 3.63) is 39.0 Å². The summed E-state index contributed by atoms with van der Waals surface area (Å²) in [6.45, 7) is 13.0. The van der Waals surface area contributed by atoms with Crippen LogP contribution in [0.5, 0.6) is 0 Å². The standard InChI is InChI=1S/C22H27ClN6S/c1-11-18(23)12(2)29(26-11)13(3)19-25-20-17-15-8-7-14(22(4,5)6)9-16(15)30-21(17)24-10-28(20)27-19/h10,13-14H,7-9H2,1-6H3.